The van der Waals surface area contributed by atoms with Crippen molar-refractivity contribution in [2.75, 3.05) is 13.1 Å². The Hall–Kier alpha value is -1.42. The molecule has 2 N–H and O–H groups in total. The van der Waals surface area contributed by atoms with Gasteiger partial charge in [-0.15, -0.1) is 0 Å². The molecule has 1 heterocycles. The largest absolute Gasteiger partial charge is 0.335 e. The number of nitrogens with two attached hydrogens (primary N) is 1. The third-order valence-electron chi connectivity index (χ3n) is 2.81. The van der Waals surface area contributed by atoms with Crippen molar-refractivity contribution >= 4 is 5.91 Å². The fraction of sp³-hybridized carbons (Fsp3) is 0.417. The maximum Gasteiger partial charge on any atom is 0.254 e. The number of rotatable bonds is 1. The van der Waals surface area contributed by atoms with Crippen molar-refractivity contribution in [2.24, 2.45) is 5.73 Å². The Labute approximate surface area is 94.0 Å². The number of likely N-dealkylation sites (tertiary alicyclic amines) is 1. The smallest absolute Gasteiger partial charge is 0.254 e. The Morgan fingerprint density at radius 3 is 2.62 bits per heavy atom. The second-order valence-corrected chi connectivity index (χ2v) is 4.77. The van der Waals surface area contributed by atoms with Crippen LogP contribution in [0.15, 0.2) is 18.2 Å². The molecule has 1 saturated heterocycles. The zero-order valence-corrected chi connectivity index (χ0v) is 9.46. The molecule has 0 aromatic heterocycles. The van der Waals surface area contributed by atoms with E-state index in [1.54, 1.807) is 11.8 Å². The lowest BCUT2D eigenvalue weighted by atomic mass is 9.92. The van der Waals surface area contributed by atoms with E-state index in [2.05, 4.69) is 0 Å². The van der Waals surface area contributed by atoms with Crippen LogP contribution >= 0.6 is 0 Å². The molecule has 0 bridgehead atoms. The average Bonchev–Trinajstić information content (AvgIpc) is 2.13. The Morgan fingerprint density at radius 2 is 2.12 bits per heavy atom. The summed E-state index contributed by atoms with van der Waals surface area (Å²) in [6.45, 7) is 4.76. The third-order valence-corrected chi connectivity index (χ3v) is 2.81. The van der Waals surface area contributed by atoms with Crippen LogP contribution in [0.4, 0.5) is 4.39 Å². The van der Waals surface area contributed by atoms with Gasteiger partial charge >= 0.3 is 0 Å². The number of hydrogen-bond acceptors (Lipinski definition) is 2. The Morgan fingerprint density at radius 1 is 1.50 bits per heavy atom. The van der Waals surface area contributed by atoms with Crippen LogP contribution in [0.1, 0.15) is 22.8 Å². The summed E-state index contributed by atoms with van der Waals surface area (Å²) in [5.74, 6) is -0.387. The molecule has 4 heteroatoms. The molecule has 1 amide bonds. The van der Waals surface area contributed by atoms with Gasteiger partial charge in [0, 0.05) is 24.2 Å². The molecule has 0 unspecified atom stereocenters. The van der Waals surface area contributed by atoms with Crippen molar-refractivity contribution in [1.29, 1.82) is 0 Å². The van der Waals surface area contributed by atoms with Crippen LogP contribution in [-0.4, -0.2) is 29.4 Å². The minimum absolute atomic E-state index is 0.0691. The molecule has 0 radical (unpaired) electrons. The highest BCUT2D eigenvalue weighted by Gasteiger charge is 2.38. The Balaban J connectivity index is 2.16. The van der Waals surface area contributed by atoms with Gasteiger partial charge in [-0.2, -0.15) is 0 Å². The normalized spacial score (nSPS) is 18.1. The first kappa shape index (κ1) is 11.1. The van der Waals surface area contributed by atoms with E-state index in [1.165, 1.54) is 18.2 Å². The maximum absolute atomic E-state index is 12.9. The first-order chi connectivity index (χ1) is 7.39. The van der Waals surface area contributed by atoms with Crippen molar-refractivity contribution < 1.29 is 9.18 Å². The van der Waals surface area contributed by atoms with Crippen LogP contribution in [0.5, 0.6) is 0 Å². The summed E-state index contributed by atoms with van der Waals surface area (Å²) in [6.07, 6.45) is 0. The van der Waals surface area contributed by atoms with E-state index in [9.17, 15) is 9.18 Å². The van der Waals surface area contributed by atoms with E-state index >= 15 is 0 Å². The van der Waals surface area contributed by atoms with Crippen molar-refractivity contribution in [3.63, 3.8) is 0 Å². The predicted octanol–water partition coefficient (Wildman–Crippen LogP) is 1.31. The van der Waals surface area contributed by atoms with Gasteiger partial charge in [0.1, 0.15) is 5.82 Å². The molecule has 16 heavy (non-hydrogen) atoms. The van der Waals surface area contributed by atoms with Gasteiger partial charge in [-0.3, -0.25) is 4.79 Å². The van der Waals surface area contributed by atoms with Gasteiger partial charge in [0.05, 0.1) is 0 Å². The number of carbonyl (C=O) groups excluding carboxylic acids is 1. The summed E-state index contributed by atoms with van der Waals surface area (Å²) >= 11 is 0. The van der Waals surface area contributed by atoms with Crippen molar-refractivity contribution in [3.8, 4) is 0 Å². The highest BCUT2D eigenvalue weighted by molar-refractivity contribution is 5.96. The lowest BCUT2D eigenvalue weighted by Crippen LogP contribution is -2.66. The fourth-order valence-corrected chi connectivity index (χ4v) is 2.01. The van der Waals surface area contributed by atoms with Gasteiger partial charge < -0.3 is 10.6 Å². The number of hydrogen-bond donors (Lipinski definition) is 1. The lowest BCUT2D eigenvalue weighted by molar-refractivity contribution is 0.0453. The minimum atomic E-state index is -0.318. The molecular weight excluding hydrogens is 207 g/mol. The average molecular weight is 222 g/mol. The second kappa shape index (κ2) is 3.56. The molecule has 1 aliphatic rings. The molecular formula is C12H15FN2O. The topological polar surface area (TPSA) is 46.3 Å². The number of nitrogens with zero attached hydrogens (tertiary/aromatic N) is 1. The molecule has 1 fully saturated rings. The van der Waals surface area contributed by atoms with E-state index in [4.69, 9.17) is 5.73 Å². The van der Waals surface area contributed by atoms with Crippen LogP contribution in [0.25, 0.3) is 0 Å². The molecule has 1 aromatic rings. The Bertz CT molecular complexity index is 435. The summed E-state index contributed by atoms with van der Waals surface area (Å²) in [6, 6.07) is 4.20. The van der Waals surface area contributed by atoms with Gasteiger partial charge in [0.2, 0.25) is 0 Å². The maximum atomic E-state index is 12.9. The molecule has 0 aliphatic carbocycles. The predicted molar refractivity (Wildman–Crippen MR) is 59.6 cm³/mol. The fourth-order valence-electron chi connectivity index (χ4n) is 2.01. The number of halogens is 1. The van der Waals surface area contributed by atoms with Crippen LogP contribution in [0.3, 0.4) is 0 Å². The summed E-state index contributed by atoms with van der Waals surface area (Å²) in [5.41, 5.74) is 6.78. The molecule has 3 nitrogen and oxygen atoms in total. The number of aryl methyl sites for hydroxylation is 1. The van der Waals surface area contributed by atoms with E-state index in [1.807, 2.05) is 6.92 Å². The zero-order chi connectivity index (χ0) is 11.9. The van der Waals surface area contributed by atoms with Crippen LogP contribution in [0, 0.1) is 12.7 Å². The van der Waals surface area contributed by atoms with Gasteiger partial charge in [-0.25, -0.2) is 4.39 Å². The van der Waals surface area contributed by atoms with Crippen molar-refractivity contribution in [2.45, 2.75) is 19.4 Å². The number of carbonyl (C=O) groups is 1. The standard InChI is InChI=1S/C12H15FN2O/c1-8-5-9(13)3-4-10(8)11(16)15-6-12(2,14)7-15/h3-5H,6-7,14H2,1-2H3. The first-order valence-electron chi connectivity index (χ1n) is 5.23. The quantitative estimate of drug-likeness (QED) is 0.778. The van der Waals surface area contributed by atoms with E-state index in [0.29, 0.717) is 24.2 Å². The SMILES string of the molecule is Cc1cc(F)ccc1C(=O)N1CC(C)(N)C1. The van der Waals surface area contributed by atoms with Crippen molar-refractivity contribution in [3.05, 3.63) is 35.1 Å². The van der Waals surface area contributed by atoms with Crippen LogP contribution in [0.2, 0.25) is 0 Å². The number of amides is 1. The van der Waals surface area contributed by atoms with Gasteiger partial charge in [-0.05, 0) is 37.6 Å². The van der Waals surface area contributed by atoms with Gasteiger partial charge in [0.25, 0.3) is 5.91 Å². The zero-order valence-electron chi connectivity index (χ0n) is 9.46. The first-order valence-corrected chi connectivity index (χ1v) is 5.23. The van der Waals surface area contributed by atoms with Gasteiger partial charge in [0.15, 0.2) is 0 Å². The second-order valence-electron chi connectivity index (χ2n) is 4.77. The summed E-state index contributed by atoms with van der Waals surface area (Å²) in [7, 11) is 0. The van der Waals surface area contributed by atoms with E-state index in [-0.39, 0.29) is 17.3 Å². The van der Waals surface area contributed by atoms with Crippen molar-refractivity contribution in [1.82, 2.24) is 4.90 Å². The molecule has 2 rings (SSSR count). The van der Waals surface area contributed by atoms with Crippen LogP contribution < -0.4 is 5.73 Å². The molecule has 0 atom stereocenters. The Kier molecular flexibility index (Phi) is 2.46. The molecule has 86 valence electrons. The molecule has 1 aromatic carbocycles. The van der Waals surface area contributed by atoms with Crippen LogP contribution in [-0.2, 0) is 0 Å². The lowest BCUT2D eigenvalue weighted by Gasteiger charge is -2.45. The number of benzene rings is 1. The highest BCUT2D eigenvalue weighted by atomic mass is 19.1. The molecule has 0 spiro atoms. The molecule has 0 saturated carbocycles. The monoisotopic (exact) mass is 222 g/mol. The van der Waals surface area contributed by atoms with E-state index in [0.717, 1.165) is 0 Å². The molecule has 1 aliphatic heterocycles. The third kappa shape index (κ3) is 1.93. The van der Waals surface area contributed by atoms with E-state index < -0.39 is 0 Å². The van der Waals surface area contributed by atoms with Gasteiger partial charge in [-0.1, -0.05) is 0 Å². The summed E-state index contributed by atoms with van der Waals surface area (Å²) in [4.78, 5) is 13.7. The highest BCUT2D eigenvalue weighted by Crippen LogP contribution is 2.21. The summed E-state index contributed by atoms with van der Waals surface area (Å²) in [5, 5.41) is 0. The summed E-state index contributed by atoms with van der Waals surface area (Å²) < 4.78 is 12.9. The minimum Gasteiger partial charge on any atom is -0.335 e.